The number of hydrogen-bond donors (Lipinski definition) is 1. The summed E-state index contributed by atoms with van der Waals surface area (Å²) < 4.78 is 27.4. The Bertz CT molecular complexity index is 581. The highest BCUT2D eigenvalue weighted by Gasteiger charge is 2.40. The third-order valence-corrected chi connectivity index (χ3v) is 5.15. The predicted octanol–water partition coefficient (Wildman–Crippen LogP) is 0.294. The van der Waals surface area contributed by atoms with Crippen molar-refractivity contribution in [2.45, 2.75) is 30.8 Å². The zero-order valence-corrected chi connectivity index (χ0v) is 11.7. The second kappa shape index (κ2) is 4.93. The number of carbonyl (C=O) groups is 1. The van der Waals surface area contributed by atoms with Crippen LogP contribution >= 0.6 is 0 Å². The Morgan fingerprint density at radius 2 is 2.21 bits per heavy atom. The number of sulfonamides is 1. The standard InChI is InChI=1S/C11H17N3O4S/c1-8-3-4-14(9(5-8)11(15)16)19(17,18)10-6-13(2)7-12-10/h6-9H,3-5H2,1-2H3,(H,15,16). The van der Waals surface area contributed by atoms with Crippen LogP contribution in [-0.4, -0.2) is 45.9 Å². The lowest BCUT2D eigenvalue weighted by Gasteiger charge is -2.34. The van der Waals surface area contributed by atoms with Crippen molar-refractivity contribution in [2.75, 3.05) is 6.54 Å². The van der Waals surface area contributed by atoms with Crippen LogP contribution in [0.2, 0.25) is 0 Å². The Hall–Kier alpha value is -1.41. The van der Waals surface area contributed by atoms with Gasteiger partial charge in [-0.25, -0.2) is 13.4 Å². The lowest BCUT2D eigenvalue weighted by atomic mass is 9.94. The van der Waals surface area contributed by atoms with E-state index in [9.17, 15) is 18.3 Å². The highest BCUT2D eigenvalue weighted by atomic mass is 32.2. The number of carboxylic acid groups (broad SMARTS) is 1. The number of carboxylic acids is 1. The molecule has 0 amide bonds. The number of imidazole rings is 1. The summed E-state index contributed by atoms with van der Waals surface area (Å²) in [7, 11) is -2.17. The number of aliphatic carboxylic acids is 1. The Kier molecular flexibility index (Phi) is 3.64. The molecule has 1 aliphatic rings. The van der Waals surface area contributed by atoms with Gasteiger partial charge in [0.2, 0.25) is 0 Å². The number of aryl methyl sites for hydroxylation is 1. The summed E-state index contributed by atoms with van der Waals surface area (Å²) in [5.41, 5.74) is 0. The van der Waals surface area contributed by atoms with Gasteiger partial charge >= 0.3 is 5.97 Å². The first-order valence-corrected chi connectivity index (χ1v) is 7.49. The molecule has 1 aliphatic heterocycles. The monoisotopic (exact) mass is 287 g/mol. The van der Waals surface area contributed by atoms with Crippen molar-refractivity contribution >= 4 is 16.0 Å². The molecule has 0 spiro atoms. The second-order valence-corrected chi connectivity index (χ2v) is 6.81. The lowest BCUT2D eigenvalue weighted by Crippen LogP contribution is -2.49. The van der Waals surface area contributed by atoms with Crippen LogP contribution < -0.4 is 0 Å². The van der Waals surface area contributed by atoms with Crippen molar-refractivity contribution in [2.24, 2.45) is 13.0 Å². The predicted molar refractivity (Wildman–Crippen MR) is 66.9 cm³/mol. The number of aromatic nitrogens is 2. The summed E-state index contributed by atoms with van der Waals surface area (Å²) >= 11 is 0. The third-order valence-electron chi connectivity index (χ3n) is 3.35. The molecule has 0 aromatic carbocycles. The molecule has 2 atom stereocenters. The fourth-order valence-corrected chi connectivity index (χ4v) is 3.85. The summed E-state index contributed by atoms with van der Waals surface area (Å²) in [6.45, 7) is 2.15. The number of hydrogen-bond acceptors (Lipinski definition) is 4. The Balaban J connectivity index is 2.35. The molecule has 2 rings (SSSR count). The van der Waals surface area contributed by atoms with E-state index in [1.165, 1.54) is 17.1 Å². The van der Waals surface area contributed by atoms with E-state index >= 15 is 0 Å². The van der Waals surface area contributed by atoms with Gasteiger partial charge in [-0.1, -0.05) is 6.92 Å². The Morgan fingerprint density at radius 1 is 1.53 bits per heavy atom. The molecule has 1 aromatic rings. The minimum Gasteiger partial charge on any atom is -0.480 e. The first kappa shape index (κ1) is 14.0. The quantitative estimate of drug-likeness (QED) is 0.862. The van der Waals surface area contributed by atoms with Crippen molar-refractivity contribution in [3.63, 3.8) is 0 Å². The summed E-state index contributed by atoms with van der Waals surface area (Å²) in [5, 5.41) is 9.11. The maximum absolute atomic E-state index is 12.4. The summed E-state index contributed by atoms with van der Waals surface area (Å²) in [6, 6.07) is -1.00. The van der Waals surface area contributed by atoms with Crippen LogP contribution in [0.15, 0.2) is 17.6 Å². The number of nitrogens with zero attached hydrogens (tertiary/aromatic N) is 3. The summed E-state index contributed by atoms with van der Waals surface area (Å²) in [5.74, 6) is -0.901. The van der Waals surface area contributed by atoms with Gasteiger partial charge in [-0.3, -0.25) is 4.79 Å². The molecule has 8 heteroatoms. The second-order valence-electron chi connectivity index (χ2n) is 4.98. The Morgan fingerprint density at radius 3 is 2.74 bits per heavy atom. The van der Waals surface area contributed by atoms with E-state index in [2.05, 4.69) is 4.98 Å². The van der Waals surface area contributed by atoms with Crippen molar-refractivity contribution in [3.05, 3.63) is 12.5 Å². The van der Waals surface area contributed by atoms with Crippen molar-refractivity contribution in [1.82, 2.24) is 13.9 Å². The van der Waals surface area contributed by atoms with E-state index in [-0.39, 0.29) is 17.5 Å². The molecule has 2 heterocycles. The molecule has 7 nitrogen and oxygen atoms in total. The normalized spacial score (nSPS) is 25.4. The molecule has 0 bridgehead atoms. The molecule has 0 saturated carbocycles. The van der Waals surface area contributed by atoms with Gasteiger partial charge in [0.15, 0.2) is 5.03 Å². The number of piperidine rings is 1. The van der Waals surface area contributed by atoms with Gasteiger partial charge in [0, 0.05) is 19.8 Å². The average Bonchev–Trinajstić information content (AvgIpc) is 2.76. The molecule has 1 fully saturated rings. The lowest BCUT2D eigenvalue weighted by molar-refractivity contribution is -0.143. The smallest absolute Gasteiger partial charge is 0.322 e. The van der Waals surface area contributed by atoms with Gasteiger partial charge in [0.05, 0.1) is 6.33 Å². The van der Waals surface area contributed by atoms with Crippen LogP contribution in [0, 0.1) is 5.92 Å². The highest BCUT2D eigenvalue weighted by molar-refractivity contribution is 7.89. The molecule has 2 unspecified atom stereocenters. The molecule has 0 radical (unpaired) electrons. The SMILES string of the molecule is CC1CCN(S(=O)(=O)c2cn(C)cn2)C(C(=O)O)C1. The zero-order chi connectivity index (χ0) is 14.2. The molecule has 106 valence electrons. The van der Waals surface area contributed by atoms with E-state index < -0.39 is 22.0 Å². The van der Waals surface area contributed by atoms with Crippen LogP contribution in [0.3, 0.4) is 0 Å². The maximum Gasteiger partial charge on any atom is 0.322 e. The minimum atomic E-state index is -3.84. The summed E-state index contributed by atoms with van der Waals surface area (Å²) in [6.07, 6.45) is 3.76. The van der Waals surface area contributed by atoms with Gasteiger partial charge in [0.1, 0.15) is 6.04 Å². The molecule has 1 saturated heterocycles. The van der Waals surface area contributed by atoms with Crippen LogP contribution in [0.5, 0.6) is 0 Å². The van der Waals surface area contributed by atoms with Crippen LogP contribution in [0.25, 0.3) is 0 Å². The van der Waals surface area contributed by atoms with Gasteiger partial charge in [-0.05, 0) is 18.8 Å². The van der Waals surface area contributed by atoms with E-state index in [0.29, 0.717) is 12.8 Å². The highest BCUT2D eigenvalue weighted by Crippen LogP contribution is 2.27. The third kappa shape index (κ3) is 2.64. The topological polar surface area (TPSA) is 92.5 Å². The van der Waals surface area contributed by atoms with Crippen LogP contribution in [-0.2, 0) is 21.9 Å². The fourth-order valence-electron chi connectivity index (χ4n) is 2.27. The van der Waals surface area contributed by atoms with Crippen molar-refractivity contribution in [3.8, 4) is 0 Å². The van der Waals surface area contributed by atoms with Crippen molar-refractivity contribution in [1.29, 1.82) is 0 Å². The maximum atomic E-state index is 12.4. The van der Waals surface area contributed by atoms with Gasteiger partial charge in [0.25, 0.3) is 10.0 Å². The first-order valence-electron chi connectivity index (χ1n) is 6.05. The van der Waals surface area contributed by atoms with E-state index in [1.54, 1.807) is 7.05 Å². The molecular weight excluding hydrogens is 270 g/mol. The Labute approximate surface area is 111 Å². The fraction of sp³-hybridized carbons (Fsp3) is 0.636. The van der Waals surface area contributed by atoms with Gasteiger partial charge in [-0.2, -0.15) is 4.31 Å². The molecule has 0 aliphatic carbocycles. The number of rotatable bonds is 3. The van der Waals surface area contributed by atoms with E-state index in [0.717, 1.165) is 4.31 Å². The molecular formula is C11H17N3O4S. The minimum absolute atomic E-state index is 0.101. The van der Waals surface area contributed by atoms with Gasteiger partial charge < -0.3 is 9.67 Å². The van der Waals surface area contributed by atoms with Crippen LogP contribution in [0.1, 0.15) is 19.8 Å². The van der Waals surface area contributed by atoms with E-state index in [1.807, 2.05) is 6.92 Å². The molecule has 1 aromatic heterocycles. The average molecular weight is 287 g/mol. The van der Waals surface area contributed by atoms with E-state index in [4.69, 9.17) is 0 Å². The largest absolute Gasteiger partial charge is 0.480 e. The summed E-state index contributed by atoms with van der Waals surface area (Å²) in [4.78, 5) is 15.1. The molecule has 19 heavy (non-hydrogen) atoms. The molecule has 1 N–H and O–H groups in total. The zero-order valence-electron chi connectivity index (χ0n) is 10.9. The van der Waals surface area contributed by atoms with Crippen molar-refractivity contribution < 1.29 is 18.3 Å². The first-order chi connectivity index (χ1) is 8.82. The van der Waals surface area contributed by atoms with Crippen LogP contribution in [0.4, 0.5) is 0 Å². The van der Waals surface area contributed by atoms with Gasteiger partial charge in [-0.15, -0.1) is 0 Å².